The minimum Gasteiger partial charge on any atom is -0.480 e. The highest BCUT2D eigenvalue weighted by atomic mass is 35.5. The van der Waals surface area contributed by atoms with Crippen molar-refractivity contribution in [2.45, 2.75) is 13.0 Å². The Hall–Kier alpha value is -2.23. The lowest BCUT2D eigenvalue weighted by Crippen LogP contribution is -2.30. The summed E-state index contributed by atoms with van der Waals surface area (Å²) in [5.74, 6) is 0.361. The molecule has 3 nitrogen and oxygen atoms in total. The Labute approximate surface area is 150 Å². The van der Waals surface area contributed by atoms with Crippen LogP contribution in [0.4, 0.5) is 5.69 Å². The summed E-state index contributed by atoms with van der Waals surface area (Å²) in [6.45, 7) is 1.69. The van der Waals surface area contributed by atoms with Crippen LogP contribution in [0.3, 0.4) is 0 Å². The molecule has 0 spiro atoms. The van der Waals surface area contributed by atoms with E-state index in [0.29, 0.717) is 21.5 Å². The number of hydrogen-bond donors (Lipinski definition) is 1. The minimum atomic E-state index is -0.689. The third-order valence-corrected chi connectivity index (χ3v) is 4.17. The number of amides is 1. The normalized spacial score (nSPS) is 12.0. The number of ether oxygens (including phenoxy) is 1. The first-order valence-electron chi connectivity index (χ1n) is 7.45. The number of carbonyl (C=O) groups is 1. The summed E-state index contributed by atoms with van der Waals surface area (Å²) in [7, 11) is 0. The van der Waals surface area contributed by atoms with Gasteiger partial charge in [-0.3, -0.25) is 4.79 Å². The van der Waals surface area contributed by atoms with Crippen LogP contribution in [-0.2, 0) is 4.79 Å². The van der Waals surface area contributed by atoms with E-state index in [2.05, 4.69) is 5.32 Å². The molecule has 0 fully saturated rings. The molecule has 0 aliphatic rings. The van der Waals surface area contributed by atoms with Gasteiger partial charge in [0.2, 0.25) is 0 Å². The van der Waals surface area contributed by atoms with Crippen molar-refractivity contribution in [3.63, 3.8) is 0 Å². The molecule has 24 heavy (non-hydrogen) atoms. The third kappa shape index (κ3) is 3.64. The first-order valence-corrected chi connectivity index (χ1v) is 8.20. The van der Waals surface area contributed by atoms with Gasteiger partial charge in [0.15, 0.2) is 6.10 Å². The number of carbonyl (C=O) groups excluding carboxylic acids is 1. The molecule has 0 saturated carbocycles. The average Bonchev–Trinajstić information content (AvgIpc) is 2.58. The van der Waals surface area contributed by atoms with Gasteiger partial charge in [0.05, 0.1) is 10.7 Å². The van der Waals surface area contributed by atoms with Crippen molar-refractivity contribution in [1.29, 1.82) is 0 Å². The second-order valence-electron chi connectivity index (χ2n) is 5.35. The first-order chi connectivity index (χ1) is 11.5. The molecule has 0 heterocycles. The molecule has 0 radical (unpaired) electrons. The van der Waals surface area contributed by atoms with Gasteiger partial charge < -0.3 is 10.1 Å². The fraction of sp³-hybridized carbons (Fsp3) is 0.105. The highest BCUT2D eigenvalue weighted by Gasteiger charge is 2.17. The number of rotatable bonds is 4. The van der Waals surface area contributed by atoms with Crippen LogP contribution < -0.4 is 10.1 Å². The van der Waals surface area contributed by atoms with Crippen molar-refractivity contribution in [3.8, 4) is 5.75 Å². The van der Waals surface area contributed by atoms with Crippen LogP contribution in [0.5, 0.6) is 5.75 Å². The van der Waals surface area contributed by atoms with E-state index in [1.54, 1.807) is 25.1 Å². The van der Waals surface area contributed by atoms with Gasteiger partial charge in [0.1, 0.15) is 5.75 Å². The van der Waals surface area contributed by atoms with E-state index in [-0.39, 0.29) is 5.91 Å². The Morgan fingerprint density at radius 2 is 1.79 bits per heavy atom. The summed E-state index contributed by atoms with van der Waals surface area (Å²) >= 11 is 12.0. The Morgan fingerprint density at radius 3 is 2.62 bits per heavy atom. The van der Waals surface area contributed by atoms with Crippen molar-refractivity contribution >= 4 is 45.6 Å². The summed E-state index contributed by atoms with van der Waals surface area (Å²) in [6, 6.07) is 18.5. The molecule has 5 heteroatoms. The van der Waals surface area contributed by atoms with Crippen molar-refractivity contribution in [1.82, 2.24) is 0 Å². The Bertz CT molecular complexity index is 890. The summed E-state index contributed by atoms with van der Waals surface area (Å²) in [4.78, 5) is 12.4. The quantitative estimate of drug-likeness (QED) is 0.662. The fourth-order valence-electron chi connectivity index (χ4n) is 2.37. The van der Waals surface area contributed by atoms with Crippen molar-refractivity contribution < 1.29 is 9.53 Å². The Balaban J connectivity index is 1.77. The number of hydrogen-bond acceptors (Lipinski definition) is 2. The van der Waals surface area contributed by atoms with Gasteiger partial charge >= 0.3 is 0 Å². The van der Waals surface area contributed by atoms with E-state index in [9.17, 15) is 4.79 Å². The van der Waals surface area contributed by atoms with Gasteiger partial charge in [-0.1, -0.05) is 59.6 Å². The predicted octanol–water partition coefficient (Wildman–Crippen LogP) is 5.55. The molecule has 3 aromatic rings. The molecule has 1 unspecified atom stereocenters. The lowest BCUT2D eigenvalue weighted by atomic mass is 10.1. The molecule has 0 bridgehead atoms. The number of nitrogens with one attached hydrogen (secondary N) is 1. The highest BCUT2D eigenvalue weighted by molar-refractivity contribution is 6.35. The second-order valence-corrected chi connectivity index (χ2v) is 6.19. The summed E-state index contributed by atoms with van der Waals surface area (Å²) in [5.41, 5.74) is 0.461. The zero-order valence-corrected chi connectivity index (χ0v) is 14.4. The molecule has 1 N–H and O–H groups in total. The molecule has 0 saturated heterocycles. The number of benzene rings is 3. The van der Waals surface area contributed by atoms with Crippen LogP contribution in [-0.4, -0.2) is 12.0 Å². The van der Waals surface area contributed by atoms with Crippen LogP contribution in [0.1, 0.15) is 6.92 Å². The zero-order valence-electron chi connectivity index (χ0n) is 12.9. The van der Waals surface area contributed by atoms with Gasteiger partial charge in [-0.15, -0.1) is 0 Å². The van der Waals surface area contributed by atoms with Crippen molar-refractivity contribution in [3.05, 3.63) is 70.7 Å². The maximum absolute atomic E-state index is 12.4. The first kappa shape index (κ1) is 16.6. The lowest BCUT2D eigenvalue weighted by molar-refractivity contribution is -0.122. The van der Waals surface area contributed by atoms with Gasteiger partial charge in [-0.05, 0) is 36.6 Å². The van der Waals surface area contributed by atoms with Gasteiger partial charge in [-0.25, -0.2) is 0 Å². The average molecular weight is 360 g/mol. The topological polar surface area (TPSA) is 38.3 Å². The smallest absolute Gasteiger partial charge is 0.265 e. The van der Waals surface area contributed by atoms with Gasteiger partial charge in [-0.2, -0.15) is 0 Å². The molecule has 0 aromatic heterocycles. The van der Waals surface area contributed by atoms with Gasteiger partial charge in [0, 0.05) is 10.4 Å². The molecular formula is C19H15Cl2NO2. The molecule has 122 valence electrons. The zero-order chi connectivity index (χ0) is 17.1. The standard InChI is InChI=1S/C19H15Cl2NO2/c1-12(19(23)22-17-11-14(20)9-10-16(17)21)24-18-8-4-6-13-5-2-3-7-15(13)18/h2-12H,1H3,(H,22,23). The largest absolute Gasteiger partial charge is 0.480 e. The summed E-state index contributed by atoms with van der Waals surface area (Å²) < 4.78 is 5.84. The fourth-order valence-corrected chi connectivity index (χ4v) is 2.71. The SMILES string of the molecule is CC(Oc1cccc2ccccc12)C(=O)Nc1cc(Cl)ccc1Cl. The summed E-state index contributed by atoms with van der Waals surface area (Å²) in [6.07, 6.45) is -0.689. The van der Waals surface area contributed by atoms with E-state index in [4.69, 9.17) is 27.9 Å². The lowest BCUT2D eigenvalue weighted by Gasteiger charge is -2.17. The van der Waals surface area contributed by atoms with Crippen molar-refractivity contribution in [2.75, 3.05) is 5.32 Å². The molecule has 1 amide bonds. The number of fused-ring (bicyclic) bond motifs is 1. The summed E-state index contributed by atoms with van der Waals surface area (Å²) in [5, 5.41) is 5.67. The third-order valence-electron chi connectivity index (χ3n) is 3.61. The molecule has 0 aliphatic heterocycles. The van der Waals surface area contributed by atoms with Crippen LogP contribution in [0.25, 0.3) is 10.8 Å². The maximum Gasteiger partial charge on any atom is 0.265 e. The molecule has 1 atom stereocenters. The monoisotopic (exact) mass is 359 g/mol. The molecule has 3 aromatic carbocycles. The van der Waals surface area contributed by atoms with E-state index in [1.165, 1.54) is 0 Å². The molecule has 0 aliphatic carbocycles. The molecular weight excluding hydrogens is 345 g/mol. The predicted molar refractivity (Wildman–Crippen MR) is 99.1 cm³/mol. The van der Waals surface area contributed by atoms with Crippen LogP contribution >= 0.6 is 23.2 Å². The number of halogens is 2. The van der Waals surface area contributed by atoms with Crippen LogP contribution in [0.15, 0.2) is 60.7 Å². The van der Waals surface area contributed by atoms with Gasteiger partial charge in [0.25, 0.3) is 5.91 Å². The molecule has 3 rings (SSSR count). The van der Waals surface area contributed by atoms with Crippen LogP contribution in [0.2, 0.25) is 10.0 Å². The Morgan fingerprint density at radius 1 is 1.04 bits per heavy atom. The van der Waals surface area contributed by atoms with E-state index < -0.39 is 6.10 Å². The van der Waals surface area contributed by atoms with E-state index >= 15 is 0 Å². The Kier molecular flexibility index (Phi) is 4.93. The highest BCUT2D eigenvalue weighted by Crippen LogP contribution is 2.28. The minimum absolute atomic E-state index is 0.299. The second kappa shape index (κ2) is 7.12. The maximum atomic E-state index is 12.4. The number of anilines is 1. The van der Waals surface area contributed by atoms with E-state index in [1.807, 2.05) is 42.5 Å². The van der Waals surface area contributed by atoms with Crippen LogP contribution in [0, 0.1) is 0 Å². The van der Waals surface area contributed by atoms with Crippen molar-refractivity contribution in [2.24, 2.45) is 0 Å². The van der Waals surface area contributed by atoms with E-state index in [0.717, 1.165) is 10.8 Å².